The molecule has 1 saturated heterocycles. The van der Waals surface area contributed by atoms with Crippen LogP contribution in [-0.4, -0.2) is 29.9 Å². The van der Waals surface area contributed by atoms with E-state index in [2.05, 4.69) is 0 Å². The van der Waals surface area contributed by atoms with Crippen LogP contribution in [0.25, 0.3) is 0 Å². The van der Waals surface area contributed by atoms with Crippen molar-refractivity contribution in [1.29, 1.82) is 0 Å². The maximum Gasteiger partial charge on any atom is 0.315 e. The predicted molar refractivity (Wildman–Crippen MR) is 60.5 cm³/mol. The molecule has 0 aromatic rings. The number of carbonyl (C=O) groups is 2. The van der Waals surface area contributed by atoms with E-state index in [0.717, 1.165) is 13.0 Å². The SMILES string of the molecule is CCOC(=O)C(C)(C)/C=C/N1CCCC1=O. The molecule has 0 radical (unpaired) electrons. The zero-order chi connectivity index (χ0) is 12.2. The highest BCUT2D eigenvalue weighted by Crippen LogP contribution is 2.21. The molecule has 0 aliphatic carbocycles. The molecule has 0 N–H and O–H groups in total. The van der Waals surface area contributed by atoms with Gasteiger partial charge in [0, 0.05) is 19.2 Å². The fraction of sp³-hybridized carbons (Fsp3) is 0.667. The fourth-order valence-electron chi connectivity index (χ4n) is 1.49. The Morgan fingerprint density at radius 1 is 1.56 bits per heavy atom. The number of rotatable bonds is 4. The third kappa shape index (κ3) is 3.08. The summed E-state index contributed by atoms with van der Waals surface area (Å²) in [6.07, 6.45) is 4.92. The molecule has 0 saturated carbocycles. The first-order chi connectivity index (χ1) is 7.47. The molecular weight excluding hydrogens is 206 g/mol. The van der Waals surface area contributed by atoms with E-state index < -0.39 is 5.41 Å². The molecular formula is C12H19NO3. The summed E-state index contributed by atoms with van der Waals surface area (Å²) in [4.78, 5) is 24.6. The monoisotopic (exact) mass is 225 g/mol. The molecule has 0 aromatic heterocycles. The second-order valence-corrected chi connectivity index (χ2v) is 4.45. The lowest BCUT2D eigenvalue weighted by atomic mass is 9.94. The van der Waals surface area contributed by atoms with Gasteiger partial charge in [-0.2, -0.15) is 0 Å². The Morgan fingerprint density at radius 3 is 2.75 bits per heavy atom. The molecule has 0 bridgehead atoms. The molecule has 1 fully saturated rings. The molecule has 0 aromatic carbocycles. The Hall–Kier alpha value is -1.32. The van der Waals surface area contributed by atoms with Gasteiger partial charge in [-0.15, -0.1) is 0 Å². The summed E-state index contributed by atoms with van der Waals surface area (Å²) in [5.74, 6) is -0.145. The maximum absolute atomic E-state index is 11.6. The summed E-state index contributed by atoms with van der Waals surface area (Å²) in [5, 5.41) is 0. The quantitative estimate of drug-likeness (QED) is 0.684. The third-order valence-electron chi connectivity index (χ3n) is 2.58. The van der Waals surface area contributed by atoms with Crippen molar-refractivity contribution in [3.8, 4) is 0 Å². The number of amides is 1. The second-order valence-electron chi connectivity index (χ2n) is 4.45. The number of hydrogen-bond donors (Lipinski definition) is 0. The van der Waals surface area contributed by atoms with E-state index in [1.165, 1.54) is 0 Å². The molecule has 0 spiro atoms. The van der Waals surface area contributed by atoms with Gasteiger partial charge in [-0.1, -0.05) is 6.08 Å². The summed E-state index contributed by atoms with van der Waals surface area (Å²) in [6.45, 7) is 6.46. The van der Waals surface area contributed by atoms with Gasteiger partial charge >= 0.3 is 5.97 Å². The first kappa shape index (κ1) is 12.7. The Kier molecular flexibility index (Phi) is 4.10. The summed E-state index contributed by atoms with van der Waals surface area (Å²) in [5.41, 5.74) is -0.682. The maximum atomic E-state index is 11.6. The third-order valence-corrected chi connectivity index (χ3v) is 2.58. The van der Waals surface area contributed by atoms with Crippen LogP contribution in [0.3, 0.4) is 0 Å². The highest BCUT2D eigenvalue weighted by Gasteiger charge is 2.27. The van der Waals surface area contributed by atoms with Gasteiger partial charge < -0.3 is 9.64 Å². The van der Waals surface area contributed by atoms with Gasteiger partial charge in [0.25, 0.3) is 0 Å². The number of esters is 1. The number of likely N-dealkylation sites (tertiary alicyclic amines) is 1. The molecule has 1 rings (SSSR count). The predicted octanol–water partition coefficient (Wildman–Crippen LogP) is 1.71. The minimum Gasteiger partial charge on any atom is -0.465 e. The lowest BCUT2D eigenvalue weighted by Crippen LogP contribution is -2.26. The van der Waals surface area contributed by atoms with Crippen LogP contribution in [0.15, 0.2) is 12.3 Å². The average molecular weight is 225 g/mol. The van der Waals surface area contributed by atoms with Crippen LogP contribution in [-0.2, 0) is 14.3 Å². The van der Waals surface area contributed by atoms with E-state index in [4.69, 9.17) is 4.74 Å². The zero-order valence-electron chi connectivity index (χ0n) is 10.2. The van der Waals surface area contributed by atoms with Crippen molar-refractivity contribution in [3.05, 3.63) is 12.3 Å². The van der Waals surface area contributed by atoms with Crippen molar-refractivity contribution in [2.75, 3.05) is 13.2 Å². The Labute approximate surface area is 96.3 Å². The topological polar surface area (TPSA) is 46.6 Å². The van der Waals surface area contributed by atoms with Gasteiger partial charge in [-0.25, -0.2) is 0 Å². The van der Waals surface area contributed by atoms with Crippen molar-refractivity contribution in [3.63, 3.8) is 0 Å². The van der Waals surface area contributed by atoms with Gasteiger partial charge in [0.15, 0.2) is 0 Å². The van der Waals surface area contributed by atoms with Crippen molar-refractivity contribution >= 4 is 11.9 Å². The lowest BCUT2D eigenvalue weighted by molar-refractivity contribution is -0.150. The molecule has 4 nitrogen and oxygen atoms in total. The molecule has 1 amide bonds. The van der Waals surface area contributed by atoms with E-state index in [9.17, 15) is 9.59 Å². The highest BCUT2D eigenvalue weighted by atomic mass is 16.5. The van der Waals surface area contributed by atoms with Crippen molar-refractivity contribution in [2.24, 2.45) is 5.41 Å². The van der Waals surface area contributed by atoms with Crippen molar-refractivity contribution in [2.45, 2.75) is 33.6 Å². The van der Waals surface area contributed by atoms with Gasteiger partial charge in [0.2, 0.25) is 5.91 Å². The largest absolute Gasteiger partial charge is 0.465 e. The van der Waals surface area contributed by atoms with Crippen LogP contribution < -0.4 is 0 Å². The number of carbonyl (C=O) groups excluding carboxylic acids is 2. The van der Waals surface area contributed by atoms with E-state index in [0.29, 0.717) is 13.0 Å². The Morgan fingerprint density at radius 2 is 2.25 bits per heavy atom. The molecule has 0 atom stereocenters. The summed E-state index contributed by atoms with van der Waals surface area (Å²) < 4.78 is 4.96. The van der Waals surface area contributed by atoms with Gasteiger partial charge in [-0.05, 0) is 27.2 Å². The minimum atomic E-state index is -0.682. The van der Waals surface area contributed by atoms with E-state index in [-0.39, 0.29) is 11.9 Å². The molecule has 4 heteroatoms. The fourth-order valence-corrected chi connectivity index (χ4v) is 1.49. The summed E-state index contributed by atoms with van der Waals surface area (Å²) in [7, 11) is 0. The Bertz CT molecular complexity index is 307. The van der Waals surface area contributed by atoms with Gasteiger partial charge in [0.05, 0.1) is 12.0 Å². The smallest absolute Gasteiger partial charge is 0.315 e. The molecule has 16 heavy (non-hydrogen) atoms. The average Bonchev–Trinajstić information content (AvgIpc) is 2.61. The number of nitrogens with zero attached hydrogens (tertiary/aromatic N) is 1. The van der Waals surface area contributed by atoms with E-state index >= 15 is 0 Å². The minimum absolute atomic E-state index is 0.121. The molecule has 1 aliphatic rings. The molecule has 1 aliphatic heterocycles. The van der Waals surface area contributed by atoms with Crippen LogP contribution in [0.4, 0.5) is 0 Å². The van der Waals surface area contributed by atoms with Crippen LogP contribution in [0.2, 0.25) is 0 Å². The summed E-state index contributed by atoms with van der Waals surface area (Å²) >= 11 is 0. The van der Waals surface area contributed by atoms with E-state index in [1.807, 2.05) is 0 Å². The van der Waals surface area contributed by atoms with Crippen LogP contribution in [0, 0.1) is 5.41 Å². The number of ether oxygens (including phenoxy) is 1. The lowest BCUT2D eigenvalue weighted by Gasteiger charge is -2.19. The standard InChI is InChI=1S/C12H19NO3/c1-4-16-11(15)12(2,3)7-9-13-8-5-6-10(13)14/h7,9H,4-6,8H2,1-3H3/b9-7+. The highest BCUT2D eigenvalue weighted by molar-refractivity contribution is 5.80. The molecule has 1 heterocycles. The van der Waals surface area contributed by atoms with Crippen LogP contribution in [0.1, 0.15) is 33.6 Å². The first-order valence-corrected chi connectivity index (χ1v) is 5.63. The van der Waals surface area contributed by atoms with Gasteiger partial charge in [0.1, 0.15) is 0 Å². The first-order valence-electron chi connectivity index (χ1n) is 5.63. The summed E-state index contributed by atoms with van der Waals surface area (Å²) in [6, 6.07) is 0. The van der Waals surface area contributed by atoms with Crippen LogP contribution in [0.5, 0.6) is 0 Å². The number of hydrogen-bond acceptors (Lipinski definition) is 3. The second kappa shape index (κ2) is 5.14. The van der Waals surface area contributed by atoms with Crippen LogP contribution >= 0.6 is 0 Å². The van der Waals surface area contributed by atoms with Crippen molar-refractivity contribution in [1.82, 2.24) is 4.90 Å². The molecule has 0 unspecified atom stereocenters. The van der Waals surface area contributed by atoms with E-state index in [1.54, 1.807) is 37.9 Å². The van der Waals surface area contributed by atoms with Crippen molar-refractivity contribution < 1.29 is 14.3 Å². The normalized spacial score (nSPS) is 17.2. The zero-order valence-corrected chi connectivity index (χ0v) is 10.2. The Balaban J connectivity index is 2.60. The molecule has 90 valence electrons. The van der Waals surface area contributed by atoms with Gasteiger partial charge in [-0.3, -0.25) is 9.59 Å².